The maximum absolute atomic E-state index is 12.1. The van der Waals surface area contributed by atoms with Gasteiger partial charge in [-0.3, -0.25) is 4.79 Å². The van der Waals surface area contributed by atoms with E-state index in [0.29, 0.717) is 32.5 Å². The largest absolute Gasteiger partial charge is 0.494 e. The monoisotopic (exact) mass is 363 g/mol. The molecule has 0 saturated carbocycles. The van der Waals surface area contributed by atoms with E-state index in [9.17, 15) is 4.79 Å². The Kier molecular flexibility index (Phi) is 8.71. The molecule has 0 N–H and O–H groups in total. The molecule has 0 aliphatic carbocycles. The topological polar surface area (TPSA) is 77.1 Å². The predicted octanol–water partition coefficient (Wildman–Crippen LogP) is 3.26. The molecule has 0 spiro atoms. The van der Waals surface area contributed by atoms with Crippen LogP contribution < -0.4 is 4.74 Å². The summed E-state index contributed by atoms with van der Waals surface area (Å²) in [4.78, 5) is 13.6. The van der Waals surface area contributed by atoms with Crippen LogP contribution in [0.4, 0.5) is 0 Å². The van der Waals surface area contributed by atoms with Crippen molar-refractivity contribution in [2.75, 3.05) is 19.7 Å². The van der Waals surface area contributed by atoms with Gasteiger partial charge in [0.1, 0.15) is 5.75 Å². The molecule has 0 heterocycles. The van der Waals surface area contributed by atoms with Crippen LogP contribution in [0.5, 0.6) is 5.75 Å². The Hall–Kier alpha value is -2.05. The van der Waals surface area contributed by atoms with Gasteiger partial charge < -0.3 is 9.64 Å². The third kappa shape index (κ3) is 7.10. The Morgan fingerprint density at radius 3 is 2.50 bits per heavy atom. The summed E-state index contributed by atoms with van der Waals surface area (Å²) in [6.07, 6.45) is 1.52. The van der Waals surface area contributed by atoms with E-state index in [1.54, 1.807) is 4.90 Å². The molecule has 0 fully saturated rings. The number of hydrogen-bond acceptors (Lipinski definition) is 4. The number of ether oxygens (including phenoxy) is 1. The van der Waals surface area contributed by atoms with Crippen molar-refractivity contribution in [3.05, 3.63) is 28.7 Å². The Bertz CT molecular complexity index is 545. The summed E-state index contributed by atoms with van der Waals surface area (Å²) < 4.78 is 6.52. The highest BCUT2D eigenvalue weighted by molar-refractivity contribution is 9.10. The van der Waals surface area contributed by atoms with Gasteiger partial charge in [-0.25, -0.2) is 0 Å². The molecule has 0 bridgehead atoms. The van der Waals surface area contributed by atoms with Crippen molar-refractivity contribution in [1.82, 2.24) is 4.90 Å². The lowest BCUT2D eigenvalue weighted by Crippen LogP contribution is -2.32. The molecule has 116 valence electrons. The molecule has 0 saturated heterocycles. The van der Waals surface area contributed by atoms with E-state index in [-0.39, 0.29) is 18.7 Å². The van der Waals surface area contributed by atoms with Crippen molar-refractivity contribution in [1.29, 1.82) is 10.5 Å². The molecule has 1 amide bonds. The van der Waals surface area contributed by atoms with Crippen molar-refractivity contribution >= 4 is 21.8 Å². The second-order valence-electron chi connectivity index (χ2n) is 4.61. The van der Waals surface area contributed by atoms with Gasteiger partial charge in [0.05, 0.1) is 31.6 Å². The van der Waals surface area contributed by atoms with Gasteiger partial charge in [0.25, 0.3) is 0 Å². The highest BCUT2D eigenvalue weighted by Gasteiger charge is 2.12. The number of hydrogen-bond donors (Lipinski definition) is 0. The maximum Gasteiger partial charge on any atom is 0.222 e. The van der Waals surface area contributed by atoms with Gasteiger partial charge in [0.15, 0.2) is 0 Å². The minimum absolute atomic E-state index is 0.0386. The molecule has 0 aliphatic rings. The quantitative estimate of drug-likeness (QED) is 0.630. The molecule has 0 radical (unpaired) electrons. The van der Waals surface area contributed by atoms with E-state index >= 15 is 0 Å². The molecular formula is C16H18BrN3O2. The molecule has 1 aromatic rings. The summed E-state index contributed by atoms with van der Waals surface area (Å²) in [6.45, 7) is 1.21. The average molecular weight is 364 g/mol. The van der Waals surface area contributed by atoms with Gasteiger partial charge in [0, 0.05) is 24.0 Å². The highest BCUT2D eigenvalue weighted by Crippen LogP contribution is 2.18. The SMILES string of the molecule is N#CCCN(CCC#N)C(=O)CCCOc1cccc(Br)c1. The van der Waals surface area contributed by atoms with Gasteiger partial charge in [0.2, 0.25) is 5.91 Å². The lowest BCUT2D eigenvalue weighted by atomic mass is 10.2. The lowest BCUT2D eigenvalue weighted by Gasteiger charge is -2.20. The number of carbonyl (C=O) groups is 1. The van der Waals surface area contributed by atoms with E-state index in [1.807, 2.05) is 36.4 Å². The zero-order chi connectivity index (χ0) is 16.2. The third-order valence-corrected chi connectivity index (χ3v) is 3.43. The van der Waals surface area contributed by atoms with Crippen LogP contribution in [0, 0.1) is 22.7 Å². The van der Waals surface area contributed by atoms with Crippen LogP contribution in [0.15, 0.2) is 28.7 Å². The Morgan fingerprint density at radius 1 is 1.23 bits per heavy atom. The van der Waals surface area contributed by atoms with Crippen molar-refractivity contribution in [2.24, 2.45) is 0 Å². The van der Waals surface area contributed by atoms with Crippen LogP contribution in [0.25, 0.3) is 0 Å². The molecule has 1 aromatic carbocycles. The molecular weight excluding hydrogens is 346 g/mol. The number of rotatable bonds is 9. The summed E-state index contributed by atoms with van der Waals surface area (Å²) >= 11 is 3.37. The number of amides is 1. The molecule has 6 heteroatoms. The highest BCUT2D eigenvalue weighted by atomic mass is 79.9. The van der Waals surface area contributed by atoms with Gasteiger partial charge in [-0.15, -0.1) is 0 Å². The molecule has 0 unspecified atom stereocenters. The zero-order valence-corrected chi connectivity index (χ0v) is 13.9. The first kappa shape index (κ1) is 18.0. The standard InChI is InChI=1S/C16H18BrN3O2/c17-14-5-1-6-15(13-14)22-12-2-7-16(21)20(10-3-8-18)11-4-9-19/h1,5-6,13H,2-4,7,10-12H2. The summed E-state index contributed by atoms with van der Waals surface area (Å²) in [5, 5.41) is 17.2. The van der Waals surface area contributed by atoms with E-state index in [2.05, 4.69) is 15.9 Å². The Morgan fingerprint density at radius 2 is 1.91 bits per heavy atom. The van der Waals surface area contributed by atoms with Crippen molar-refractivity contribution < 1.29 is 9.53 Å². The number of benzene rings is 1. The fourth-order valence-electron chi connectivity index (χ4n) is 1.86. The zero-order valence-electron chi connectivity index (χ0n) is 12.3. The fraction of sp³-hybridized carbons (Fsp3) is 0.438. The van der Waals surface area contributed by atoms with E-state index in [1.165, 1.54) is 0 Å². The molecule has 5 nitrogen and oxygen atoms in total. The second kappa shape index (κ2) is 10.6. The minimum Gasteiger partial charge on any atom is -0.494 e. The van der Waals surface area contributed by atoms with E-state index in [0.717, 1.165) is 10.2 Å². The van der Waals surface area contributed by atoms with E-state index in [4.69, 9.17) is 15.3 Å². The van der Waals surface area contributed by atoms with Crippen LogP contribution in [0.2, 0.25) is 0 Å². The molecule has 0 aromatic heterocycles. The third-order valence-electron chi connectivity index (χ3n) is 2.94. The van der Waals surface area contributed by atoms with Crippen LogP contribution in [-0.4, -0.2) is 30.5 Å². The first-order chi connectivity index (χ1) is 10.7. The van der Waals surface area contributed by atoms with Crippen LogP contribution in [-0.2, 0) is 4.79 Å². The number of carbonyl (C=O) groups excluding carboxylic acids is 1. The molecule has 0 aliphatic heterocycles. The van der Waals surface area contributed by atoms with E-state index < -0.39 is 0 Å². The van der Waals surface area contributed by atoms with Crippen LogP contribution >= 0.6 is 15.9 Å². The van der Waals surface area contributed by atoms with Gasteiger partial charge in [-0.2, -0.15) is 10.5 Å². The smallest absolute Gasteiger partial charge is 0.222 e. The maximum atomic E-state index is 12.1. The predicted molar refractivity (Wildman–Crippen MR) is 85.9 cm³/mol. The van der Waals surface area contributed by atoms with Crippen molar-refractivity contribution in [3.63, 3.8) is 0 Å². The first-order valence-electron chi connectivity index (χ1n) is 7.07. The minimum atomic E-state index is -0.0386. The number of nitrogens with zero attached hydrogens (tertiary/aromatic N) is 3. The summed E-state index contributed by atoms with van der Waals surface area (Å²) in [7, 11) is 0. The molecule has 1 rings (SSSR count). The van der Waals surface area contributed by atoms with Gasteiger partial charge >= 0.3 is 0 Å². The van der Waals surface area contributed by atoms with Crippen LogP contribution in [0.1, 0.15) is 25.7 Å². The summed E-state index contributed by atoms with van der Waals surface area (Å²) in [5.41, 5.74) is 0. The molecule has 22 heavy (non-hydrogen) atoms. The lowest BCUT2D eigenvalue weighted by molar-refractivity contribution is -0.131. The Labute approximate surface area is 139 Å². The Balaban J connectivity index is 2.33. The second-order valence-corrected chi connectivity index (χ2v) is 5.52. The number of nitriles is 2. The van der Waals surface area contributed by atoms with Crippen molar-refractivity contribution in [2.45, 2.75) is 25.7 Å². The van der Waals surface area contributed by atoms with Gasteiger partial charge in [-0.1, -0.05) is 22.0 Å². The average Bonchev–Trinajstić information content (AvgIpc) is 2.51. The summed E-state index contributed by atoms with van der Waals surface area (Å²) in [5.74, 6) is 0.719. The number of halogens is 1. The fourth-order valence-corrected chi connectivity index (χ4v) is 2.24. The van der Waals surface area contributed by atoms with Gasteiger partial charge in [-0.05, 0) is 24.6 Å². The summed E-state index contributed by atoms with van der Waals surface area (Å²) in [6, 6.07) is 11.6. The normalized spacial score (nSPS) is 9.59. The van der Waals surface area contributed by atoms with Crippen LogP contribution in [0.3, 0.4) is 0 Å². The van der Waals surface area contributed by atoms with Crippen molar-refractivity contribution in [3.8, 4) is 17.9 Å². The first-order valence-corrected chi connectivity index (χ1v) is 7.86. The molecule has 0 atom stereocenters.